The molecule has 15 heavy (non-hydrogen) atoms. The molecule has 0 amide bonds. The van der Waals surface area contributed by atoms with Gasteiger partial charge in [0.15, 0.2) is 0 Å². The van der Waals surface area contributed by atoms with Crippen LogP contribution >= 0.6 is 0 Å². The summed E-state index contributed by atoms with van der Waals surface area (Å²) >= 11 is 0. The van der Waals surface area contributed by atoms with Crippen molar-refractivity contribution in [3.05, 3.63) is 0 Å². The Bertz CT molecular complexity index is 184. The molecule has 2 aliphatic carbocycles. The Morgan fingerprint density at radius 3 is 2.40 bits per heavy atom. The predicted molar refractivity (Wildman–Crippen MR) is 65.9 cm³/mol. The van der Waals surface area contributed by atoms with Gasteiger partial charge in [-0.25, -0.2) is 0 Å². The molecule has 2 rings (SSSR count). The smallest absolute Gasteiger partial charge is 0.00955 e. The Labute approximate surface area is 95.0 Å². The van der Waals surface area contributed by atoms with Crippen molar-refractivity contribution >= 4 is 0 Å². The van der Waals surface area contributed by atoms with E-state index >= 15 is 0 Å². The maximum absolute atomic E-state index is 3.84. The van der Waals surface area contributed by atoms with Crippen LogP contribution in [0.25, 0.3) is 0 Å². The van der Waals surface area contributed by atoms with Gasteiger partial charge in [-0.3, -0.25) is 0 Å². The quantitative estimate of drug-likeness (QED) is 0.746. The third-order valence-corrected chi connectivity index (χ3v) is 4.89. The highest BCUT2D eigenvalue weighted by molar-refractivity contribution is 4.87. The van der Waals surface area contributed by atoms with Crippen molar-refractivity contribution in [1.82, 2.24) is 5.32 Å². The lowest BCUT2D eigenvalue weighted by Gasteiger charge is -2.22. The molecule has 2 fully saturated rings. The molecule has 0 aromatic rings. The van der Waals surface area contributed by atoms with Gasteiger partial charge in [0.05, 0.1) is 0 Å². The summed E-state index contributed by atoms with van der Waals surface area (Å²) in [5.41, 5.74) is 0. The highest BCUT2D eigenvalue weighted by Gasteiger charge is 2.31. The molecule has 3 atom stereocenters. The van der Waals surface area contributed by atoms with E-state index in [1.54, 1.807) is 0 Å². The van der Waals surface area contributed by atoms with Crippen LogP contribution in [0.2, 0.25) is 0 Å². The number of nitrogens with one attached hydrogen (secondary N) is 1. The van der Waals surface area contributed by atoms with Crippen LogP contribution in [0.3, 0.4) is 0 Å². The summed E-state index contributed by atoms with van der Waals surface area (Å²) in [7, 11) is 0. The van der Waals surface area contributed by atoms with Gasteiger partial charge in [-0.15, -0.1) is 0 Å². The van der Waals surface area contributed by atoms with E-state index < -0.39 is 0 Å². The van der Waals surface area contributed by atoms with Crippen molar-refractivity contribution in [2.24, 2.45) is 17.8 Å². The van der Waals surface area contributed by atoms with Crippen molar-refractivity contribution in [1.29, 1.82) is 0 Å². The first-order chi connectivity index (χ1) is 7.31. The molecule has 0 spiro atoms. The molecule has 3 unspecified atom stereocenters. The lowest BCUT2D eigenvalue weighted by Crippen LogP contribution is -2.35. The first-order valence-electron chi connectivity index (χ1n) is 7.04. The average Bonchev–Trinajstić information content (AvgIpc) is 2.85. The van der Waals surface area contributed by atoms with Crippen LogP contribution in [0.4, 0.5) is 0 Å². The summed E-state index contributed by atoms with van der Waals surface area (Å²) < 4.78 is 0. The van der Waals surface area contributed by atoms with Crippen molar-refractivity contribution in [2.45, 2.75) is 64.8 Å². The summed E-state index contributed by atoms with van der Waals surface area (Å²) in [6, 6.07) is 0.829. The largest absolute Gasteiger partial charge is 0.313 e. The third kappa shape index (κ3) is 2.75. The molecule has 0 aromatic heterocycles. The molecule has 2 aliphatic rings. The van der Waals surface area contributed by atoms with Crippen LogP contribution in [0, 0.1) is 17.8 Å². The van der Waals surface area contributed by atoms with Gasteiger partial charge in [0.25, 0.3) is 0 Å². The zero-order valence-electron chi connectivity index (χ0n) is 10.5. The molecule has 1 nitrogen and oxygen atoms in total. The topological polar surface area (TPSA) is 12.0 Å². The van der Waals surface area contributed by atoms with Gasteiger partial charge in [0.2, 0.25) is 0 Å². The summed E-state index contributed by atoms with van der Waals surface area (Å²) in [6.45, 7) is 6.10. The second-order valence-corrected chi connectivity index (χ2v) is 5.77. The van der Waals surface area contributed by atoms with Crippen LogP contribution < -0.4 is 5.32 Å². The van der Waals surface area contributed by atoms with Crippen LogP contribution in [0.1, 0.15) is 58.8 Å². The van der Waals surface area contributed by atoms with Gasteiger partial charge in [-0.2, -0.15) is 0 Å². The monoisotopic (exact) mass is 209 g/mol. The molecule has 0 heterocycles. The summed E-state index contributed by atoms with van der Waals surface area (Å²) in [4.78, 5) is 0. The van der Waals surface area contributed by atoms with Crippen molar-refractivity contribution in [3.63, 3.8) is 0 Å². The normalized spacial score (nSPS) is 37.6. The van der Waals surface area contributed by atoms with Crippen molar-refractivity contribution in [2.75, 3.05) is 6.54 Å². The lowest BCUT2D eigenvalue weighted by molar-refractivity contribution is 0.329. The molecule has 0 aliphatic heterocycles. The summed E-state index contributed by atoms with van der Waals surface area (Å²) in [5.74, 6) is 2.90. The molecule has 1 heteroatoms. The summed E-state index contributed by atoms with van der Waals surface area (Å²) in [5, 5.41) is 3.84. The Morgan fingerprint density at radius 1 is 1.07 bits per heavy atom. The molecule has 88 valence electrons. The van der Waals surface area contributed by atoms with Gasteiger partial charge >= 0.3 is 0 Å². The van der Waals surface area contributed by atoms with Crippen molar-refractivity contribution in [3.8, 4) is 0 Å². The van der Waals surface area contributed by atoms with Crippen LogP contribution in [0.15, 0.2) is 0 Å². The number of rotatable bonds is 4. The van der Waals surface area contributed by atoms with Crippen LogP contribution in [-0.4, -0.2) is 12.6 Å². The Morgan fingerprint density at radius 2 is 1.80 bits per heavy atom. The van der Waals surface area contributed by atoms with Gasteiger partial charge in [0.1, 0.15) is 0 Å². The zero-order valence-corrected chi connectivity index (χ0v) is 10.5. The van der Waals surface area contributed by atoms with Crippen molar-refractivity contribution < 1.29 is 0 Å². The fourth-order valence-electron chi connectivity index (χ4n) is 3.64. The summed E-state index contributed by atoms with van der Waals surface area (Å²) in [6.07, 6.45) is 10.2. The molecular weight excluding hydrogens is 182 g/mol. The molecule has 0 aromatic carbocycles. The average molecular weight is 209 g/mol. The van der Waals surface area contributed by atoms with Crippen LogP contribution in [0.5, 0.6) is 0 Å². The fourth-order valence-corrected chi connectivity index (χ4v) is 3.64. The second kappa shape index (κ2) is 5.34. The van der Waals surface area contributed by atoms with E-state index in [-0.39, 0.29) is 0 Å². The molecule has 0 saturated heterocycles. The van der Waals surface area contributed by atoms with E-state index in [1.807, 2.05) is 0 Å². The molecular formula is C14H27N. The molecule has 0 radical (unpaired) electrons. The SMILES string of the molecule is CCC1CCC(NCC2CCCC2)C1C. The standard InChI is InChI=1S/C14H27N/c1-3-13-8-9-14(11(13)2)15-10-12-6-4-5-7-12/h11-15H,3-10H2,1-2H3. The lowest BCUT2D eigenvalue weighted by atomic mass is 9.93. The Kier molecular flexibility index (Phi) is 4.07. The number of hydrogen-bond donors (Lipinski definition) is 1. The minimum absolute atomic E-state index is 0.829. The van der Waals surface area contributed by atoms with Gasteiger partial charge in [-0.05, 0) is 50.0 Å². The fraction of sp³-hybridized carbons (Fsp3) is 1.00. The van der Waals surface area contributed by atoms with E-state index in [0.29, 0.717) is 0 Å². The first-order valence-corrected chi connectivity index (χ1v) is 7.04. The van der Waals surface area contributed by atoms with Crippen LogP contribution in [-0.2, 0) is 0 Å². The highest BCUT2D eigenvalue weighted by atomic mass is 14.9. The Hall–Kier alpha value is -0.0400. The van der Waals surface area contributed by atoms with E-state index in [1.165, 1.54) is 51.5 Å². The van der Waals surface area contributed by atoms with Gasteiger partial charge in [0, 0.05) is 6.04 Å². The second-order valence-electron chi connectivity index (χ2n) is 5.77. The maximum atomic E-state index is 3.84. The van der Waals surface area contributed by atoms with E-state index in [0.717, 1.165) is 23.8 Å². The van der Waals surface area contributed by atoms with Gasteiger partial charge < -0.3 is 5.32 Å². The molecule has 1 N–H and O–H groups in total. The zero-order chi connectivity index (χ0) is 10.7. The first kappa shape index (κ1) is 11.4. The van der Waals surface area contributed by atoms with E-state index in [4.69, 9.17) is 0 Å². The van der Waals surface area contributed by atoms with E-state index in [9.17, 15) is 0 Å². The maximum Gasteiger partial charge on any atom is 0.00955 e. The molecule has 0 bridgehead atoms. The Balaban J connectivity index is 1.70. The molecule has 2 saturated carbocycles. The minimum atomic E-state index is 0.829. The highest BCUT2D eigenvalue weighted by Crippen LogP contribution is 2.34. The predicted octanol–water partition coefficient (Wildman–Crippen LogP) is 3.59. The van der Waals surface area contributed by atoms with Gasteiger partial charge in [-0.1, -0.05) is 33.1 Å². The van der Waals surface area contributed by atoms with E-state index in [2.05, 4.69) is 19.2 Å². The minimum Gasteiger partial charge on any atom is -0.313 e. The third-order valence-electron chi connectivity index (χ3n) is 4.89. The number of hydrogen-bond acceptors (Lipinski definition) is 1.